The number of methoxy groups -OCH3 is 1. The lowest BCUT2D eigenvalue weighted by Gasteiger charge is -2.07. The molecule has 1 N–H and O–H groups in total. The Labute approximate surface area is 137 Å². The summed E-state index contributed by atoms with van der Waals surface area (Å²) in [6.07, 6.45) is 5.18. The largest absolute Gasteiger partial charge is 0.496 e. The number of benzene rings is 2. The lowest BCUT2D eigenvalue weighted by molar-refractivity contribution is 0.0952. The van der Waals surface area contributed by atoms with Gasteiger partial charge in [-0.15, -0.1) is 0 Å². The lowest BCUT2D eigenvalue weighted by Crippen LogP contribution is -2.18. The number of carbonyl (C=O) groups excluding carboxylic acids is 1. The van der Waals surface area contributed by atoms with Crippen LogP contribution in [0.5, 0.6) is 5.75 Å². The molecule has 0 aliphatic heterocycles. The fourth-order valence-corrected chi connectivity index (χ4v) is 2.14. The molecule has 0 unspecified atom stereocenters. The Kier molecular flexibility index (Phi) is 5.91. The molecule has 0 radical (unpaired) electrons. The highest BCUT2D eigenvalue weighted by molar-refractivity contribution is 9.10. The number of hydrazone groups is 1. The minimum atomic E-state index is -0.331. The van der Waals surface area contributed by atoms with Crippen molar-refractivity contribution in [3.05, 3.63) is 70.2 Å². The highest BCUT2D eigenvalue weighted by atomic mass is 79.9. The number of hydrogen-bond donors (Lipinski definition) is 1. The van der Waals surface area contributed by atoms with Crippen molar-refractivity contribution in [1.29, 1.82) is 0 Å². The molecule has 0 aliphatic carbocycles. The second kappa shape index (κ2) is 8.14. The highest BCUT2D eigenvalue weighted by Crippen LogP contribution is 2.22. The second-order valence-corrected chi connectivity index (χ2v) is 5.25. The molecular weight excluding hydrogens is 344 g/mol. The number of hydrogen-bond acceptors (Lipinski definition) is 3. The monoisotopic (exact) mass is 358 g/mol. The van der Waals surface area contributed by atoms with Gasteiger partial charge >= 0.3 is 0 Å². The van der Waals surface area contributed by atoms with Gasteiger partial charge in [-0.3, -0.25) is 4.79 Å². The Balaban J connectivity index is 1.97. The van der Waals surface area contributed by atoms with Gasteiger partial charge in [0.1, 0.15) is 5.75 Å². The average molecular weight is 359 g/mol. The molecule has 22 heavy (non-hydrogen) atoms. The molecule has 2 aromatic rings. The third-order valence-corrected chi connectivity index (χ3v) is 3.31. The quantitative estimate of drug-likeness (QED) is 0.651. The first-order valence-electron chi connectivity index (χ1n) is 6.59. The van der Waals surface area contributed by atoms with Crippen molar-refractivity contribution >= 4 is 34.1 Å². The van der Waals surface area contributed by atoms with Crippen molar-refractivity contribution < 1.29 is 9.53 Å². The van der Waals surface area contributed by atoms with Crippen LogP contribution in [0.4, 0.5) is 0 Å². The molecule has 0 aliphatic rings. The van der Waals surface area contributed by atoms with E-state index in [-0.39, 0.29) is 5.91 Å². The summed E-state index contributed by atoms with van der Waals surface area (Å²) in [5.41, 5.74) is 3.95. The molecule has 2 rings (SSSR count). The first kappa shape index (κ1) is 16.0. The maximum atomic E-state index is 12.1. The third kappa shape index (κ3) is 4.56. The minimum absolute atomic E-state index is 0.331. The molecule has 0 atom stereocenters. The van der Waals surface area contributed by atoms with Gasteiger partial charge in [0.25, 0.3) is 5.91 Å². The van der Waals surface area contributed by atoms with E-state index in [2.05, 4.69) is 26.5 Å². The molecule has 0 fully saturated rings. The van der Waals surface area contributed by atoms with Crippen molar-refractivity contribution in [2.75, 3.05) is 7.11 Å². The van der Waals surface area contributed by atoms with Gasteiger partial charge in [0.15, 0.2) is 0 Å². The number of rotatable bonds is 5. The van der Waals surface area contributed by atoms with E-state index in [0.29, 0.717) is 11.3 Å². The number of allylic oxidation sites excluding steroid dienone is 1. The van der Waals surface area contributed by atoms with E-state index in [4.69, 9.17) is 4.74 Å². The van der Waals surface area contributed by atoms with Crippen LogP contribution in [-0.2, 0) is 0 Å². The number of nitrogens with zero attached hydrogens (tertiary/aromatic N) is 1. The van der Waals surface area contributed by atoms with Gasteiger partial charge in [0.2, 0.25) is 0 Å². The van der Waals surface area contributed by atoms with Gasteiger partial charge in [-0.2, -0.15) is 5.10 Å². The topological polar surface area (TPSA) is 50.7 Å². The van der Waals surface area contributed by atoms with Crippen LogP contribution in [0.25, 0.3) is 6.08 Å². The molecule has 2 aromatic carbocycles. The zero-order chi connectivity index (χ0) is 15.8. The molecule has 0 saturated heterocycles. The smallest absolute Gasteiger partial charge is 0.275 e. The summed E-state index contributed by atoms with van der Waals surface area (Å²) in [5, 5.41) is 3.89. The number of carbonyl (C=O) groups is 1. The summed E-state index contributed by atoms with van der Waals surface area (Å²) in [6.45, 7) is 0. The van der Waals surface area contributed by atoms with Crippen LogP contribution < -0.4 is 10.2 Å². The number of amides is 1. The van der Waals surface area contributed by atoms with Crippen molar-refractivity contribution in [3.8, 4) is 5.75 Å². The normalized spacial score (nSPS) is 11.0. The summed E-state index contributed by atoms with van der Waals surface area (Å²) in [5.74, 6) is 0.165. The van der Waals surface area contributed by atoms with Gasteiger partial charge in [-0.05, 0) is 29.8 Å². The van der Waals surface area contributed by atoms with Gasteiger partial charge < -0.3 is 4.74 Å². The first-order chi connectivity index (χ1) is 10.7. The fraction of sp³-hybridized carbons (Fsp3) is 0.0588. The Bertz CT molecular complexity index is 697. The molecule has 0 spiro atoms. The third-order valence-electron chi connectivity index (χ3n) is 2.82. The van der Waals surface area contributed by atoms with Crippen molar-refractivity contribution in [1.82, 2.24) is 5.43 Å². The van der Waals surface area contributed by atoms with E-state index in [1.54, 1.807) is 18.2 Å². The van der Waals surface area contributed by atoms with E-state index < -0.39 is 0 Å². The summed E-state index contributed by atoms with van der Waals surface area (Å²) in [6, 6.07) is 15.0. The Morgan fingerprint density at radius 3 is 2.73 bits per heavy atom. The van der Waals surface area contributed by atoms with E-state index in [9.17, 15) is 4.79 Å². The average Bonchev–Trinajstić information content (AvgIpc) is 2.55. The Morgan fingerprint density at radius 1 is 1.23 bits per heavy atom. The molecule has 1 amide bonds. The number of ether oxygens (including phenoxy) is 1. The van der Waals surface area contributed by atoms with Crippen LogP contribution in [0.15, 0.2) is 64.2 Å². The molecule has 0 heterocycles. The van der Waals surface area contributed by atoms with Crippen molar-refractivity contribution in [2.45, 2.75) is 0 Å². The first-order valence-corrected chi connectivity index (χ1v) is 7.38. The molecule has 0 saturated carbocycles. The predicted octanol–water partition coefficient (Wildman–Crippen LogP) is 3.89. The van der Waals surface area contributed by atoms with Crippen molar-refractivity contribution in [2.24, 2.45) is 5.10 Å². The fourth-order valence-electron chi connectivity index (χ4n) is 1.78. The maximum absolute atomic E-state index is 12.1. The van der Waals surface area contributed by atoms with Gasteiger partial charge in [0.05, 0.1) is 12.7 Å². The van der Waals surface area contributed by atoms with E-state index in [0.717, 1.165) is 10.0 Å². The second-order valence-electron chi connectivity index (χ2n) is 4.33. The molecule has 0 bridgehead atoms. The molecule has 5 heteroatoms. The van der Waals surface area contributed by atoms with Gasteiger partial charge in [-0.25, -0.2) is 5.43 Å². The van der Waals surface area contributed by atoms with Gasteiger partial charge in [0, 0.05) is 10.7 Å². The number of halogens is 1. The van der Waals surface area contributed by atoms with Crippen LogP contribution in [0.2, 0.25) is 0 Å². The van der Waals surface area contributed by atoms with Crippen molar-refractivity contribution in [3.63, 3.8) is 0 Å². The summed E-state index contributed by atoms with van der Waals surface area (Å²) < 4.78 is 5.96. The minimum Gasteiger partial charge on any atom is -0.496 e. The molecule has 112 valence electrons. The Hall–Kier alpha value is -2.40. The molecule has 4 nitrogen and oxygen atoms in total. The van der Waals surface area contributed by atoms with E-state index in [1.165, 1.54) is 13.3 Å². The van der Waals surface area contributed by atoms with Crippen LogP contribution >= 0.6 is 15.9 Å². The van der Waals surface area contributed by atoms with E-state index in [1.807, 2.05) is 42.5 Å². The maximum Gasteiger partial charge on any atom is 0.275 e. The van der Waals surface area contributed by atoms with Crippen LogP contribution in [0, 0.1) is 0 Å². The standard InChI is InChI=1S/C17H15BrN2O2/c1-22-16-10-9-14(18)12-15(16)17(21)20-19-11-5-8-13-6-3-2-4-7-13/h2-12H,1H3,(H,20,21)/b8-5+,19-11-. The van der Waals surface area contributed by atoms with Gasteiger partial charge in [-0.1, -0.05) is 52.3 Å². The summed E-state index contributed by atoms with van der Waals surface area (Å²) in [7, 11) is 1.52. The lowest BCUT2D eigenvalue weighted by atomic mass is 10.2. The predicted molar refractivity (Wildman–Crippen MR) is 92.1 cm³/mol. The van der Waals surface area contributed by atoms with Crippen LogP contribution in [0.3, 0.4) is 0 Å². The molecular formula is C17H15BrN2O2. The zero-order valence-corrected chi connectivity index (χ0v) is 13.6. The molecule has 0 aromatic heterocycles. The van der Waals surface area contributed by atoms with E-state index >= 15 is 0 Å². The van der Waals surface area contributed by atoms with Crippen LogP contribution in [0.1, 0.15) is 15.9 Å². The van der Waals surface area contributed by atoms with Crippen LogP contribution in [-0.4, -0.2) is 19.2 Å². The summed E-state index contributed by atoms with van der Waals surface area (Å²) in [4.78, 5) is 12.1. The number of nitrogens with one attached hydrogen (secondary N) is 1. The Morgan fingerprint density at radius 2 is 2.00 bits per heavy atom. The summed E-state index contributed by atoms with van der Waals surface area (Å²) >= 11 is 3.33. The zero-order valence-electron chi connectivity index (χ0n) is 12.0. The SMILES string of the molecule is COc1ccc(Br)cc1C(=O)N/N=C\C=C\c1ccccc1. The highest BCUT2D eigenvalue weighted by Gasteiger charge is 2.11.